The van der Waals surface area contributed by atoms with E-state index >= 15 is 0 Å². The number of aliphatic hydroxyl groups excluding tert-OH is 1. The van der Waals surface area contributed by atoms with Crippen LogP contribution >= 0.6 is 11.3 Å². The van der Waals surface area contributed by atoms with Crippen molar-refractivity contribution in [2.75, 3.05) is 29.5 Å². The molecule has 6 nitrogen and oxygen atoms in total. The van der Waals surface area contributed by atoms with E-state index in [1.807, 2.05) is 0 Å². The van der Waals surface area contributed by atoms with Crippen molar-refractivity contribution in [2.45, 2.75) is 31.3 Å². The number of carbonyl (C=O) groups excluding carboxylic acids is 1. The fourth-order valence-corrected chi connectivity index (χ4v) is 5.00. The molecule has 0 aromatic carbocycles. The number of thiophene rings is 1. The number of nitrogen functional groups attached to an aromatic ring is 1. The van der Waals surface area contributed by atoms with Crippen molar-refractivity contribution in [2.24, 2.45) is 0 Å². The number of nitrogens with zero attached hydrogens (tertiary/aromatic N) is 1. The molecule has 20 heavy (non-hydrogen) atoms. The van der Waals surface area contributed by atoms with Gasteiger partial charge < -0.3 is 15.7 Å². The van der Waals surface area contributed by atoms with E-state index in [1.165, 1.54) is 6.92 Å². The lowest BCUT2D eigenvalue weighted by Crippen LogP contribution is -2.22. The van der Waals surface area contributed by atoms with Gasteiger partial charge in [-0.25, -0.2) is 8.42 Å². The van der Waals surface area contributed by atoms with Gasteiger partial charge in [-0.1, -0.05) is 6.92 Å². The number of rotatable bonds is 4. The monoisotopic (exact) mass is 318 g/mol. The van der Waals surface area contributed by atoms with Gasteiger partial charge in [0.15, 0.2) is 15.6 Å². The Hall–Kier alpha value is -1.12. The molecule has 8 heteroatoms. The second-order valence-corrected chi connectivity index (χ2v) is 8.04. The minimum Gasteiger partial charge on any atom is -0.396 e. The third-order valence-electron chi connectivity index (χ3n) is 3.34. The number of hydrogen-bond acceptors (Lipinski definition) is 7. The minimum absolute atomic E-state index is 0.0424. The van der Waals surface area contributed by atoms with Crippen LogP contribution in [0.15, 0.2) is 4.90 Å². The summed E-state index contributed by atoms with van der Waals surface area (Å²) in [5.41, 5.74) is 5.93. The Morgan fingerprint density at radius 1 is 1.55 bits per heavy atom. The van der Waals surface area contributed by atoms with Crippen LogP contribution in [0.4, 0.5) is 10.7 Å². The van der Waals surface area contributed by atoms with Crippen molar-refractivity contribution in [3.8, 4) is 0 Å². The highest BCUT2D eigenvalue weighted by Gasteiger charge is 2.32. The van der Waals surface area contributed by atoms with Crippen LogP contribution in [-0.2, 0) is 9.84 Å². The first-order valence-electron chi connectivity index (χ1n) is 6.37. The molecule has 2 heterocycles. The molecule has 1 aliphatic rings. The van der Waals surface area contributed by atoms with Crippen molar-refractivity contribution >= 4 is 37.6 Å². The summed E-state index contributed by atoms with van der Waals surface area (Å²) in [5, 5.41) is 10.1. The van der Waals surface area contributed by atoms with E-state index in [2.05, 4.69) is 0 Å². The first kappa shape index (κ1) is 15.3. The van der Waals surface area contributed by atoms with Crippen LogP contribution in [0.1, 0.15) is 29.9 Å². The average Bonchev–Trinajstić information content (AvgIpc) is 2.93. The molecule has 1 fully saturated rings. The number of Topliss-reactive ketones (excluding diaryl/α,β-unsaturated/α-hetero) is 1. The molecule has 1 atom stereocenters. The molecule has 1 aromatic heterocycles. The lowest BCUT2D eigenvalue weighted by Gasteiger charge is -2.17. The lowest BCUT2D eigenvalue weighted by molar-refractivity contribution is 0.102. The largest absolute Gasteiger partial charge is 0.396 e. The lowest BCUT2D eigenvalue weighted by atomic mass is 10.3. The Balaban J connectivity index is 2.61. The zero-order valence-corrected chi connectivity index (χ0v) is 13.1. The second-order valence-electron chi connectivity index (χ2n) is 4.83. The zero-order chi connectivity index (χ0) is 15.1. The smallest absolute Gasteiger partial charge is 0.183 e. The van der Waals surface area contributed by atoms with Gasteiger partial charge in [-0.05, 0) is 6.42 Å². The number of hydrogen-bond donors (Lipinski definition) is 2. The van der Waals surface area contributed by atoms with Crippen molar-refractivity contribution in [1.29, 1.82) is 0 Å². The molecular formula is C12H18N2O4S2. The number of ketones is 1. The predicted octanol–water partition coefficient (Wildman–Crippen LogP) is 0.898. The fourth-order valence-electron chi connectivity index (χ4n) is 2.26. The van der Waals surface area contributed by atoms with Gasteiger partial charge in [0.25, 0.3) is 0 Å². The molecule has 1 aliphatic heterocycles. The topological polar surface area (TPSA) is 101 Å². The van der Waals surface area contributed by atoms with Crippen molar-refractivity contribution in [3.63, 3.8) is 0 Å². The molecule has 1 saturated heterocycles. The second kappa shape index (κ2) is 5.34. The standard InChI is InChI=1S/C12H18N2O4S2/c1-3-20(17,18)11-9(13)10(7(2)15)19-12(11)14-5-4-8(16)6-14/h8,16H,3-6,13H2,1-2H3. The molecule has 0 radical (unpaired) electrons. The molecule has 0 aliphatic carbocycles. The normalized spacial score (nSPS) is 19.6. The molecule has 0 spiro atoms. The number of aliphatic hydroxyl groups is 1. The van der Waals surface area contributed by atoms with Crippen LogP contribution in [0.25, 0.3) is 0 Å². The Labute approximate surface area is 122 Å². The summed E-state index contributed by atoms with van der Waals surface area (Å²) in [6.07, 6.45) is 0.107. The van der Waals surface area contributed by atoms with Gasteiger partial charge >= 0.3 is 0 Å². The van der Waals surface area contributed by atoms with Crippen LogP contribution in [0.5, 0.6) is 0 Å². The Bertz CT molecular complexity index is 636. The summed E-state index contributed by atoms with van der Waals surface area (Å²) >= 11 is 1.10. The number of sulfone groups is 1. The number of β-amino-alcohol motifs (C(OH)–C–C–N with tert-alkyl or cyclic N) is 1. The molecule has 0 bridgehead atoms. The molecule has 3 N–H and O–H groups in total. The van der Waals surface area contributed by atoms with Crippen LogP contribution < -0.4 is 10.6 Å². The average molecular weight is 318 g/mol. The predicted molar refractivity (Wildman–Crippen MR) is 79.3 cm³/mol. The Kier molecular flexibility index (Phi) is 4.08. The van der Waals surface area contributed by atoms with E-state index in [9.17, 15) is 18.3 Å². The molecular weight excluding hydrogens is 300 g/mol. The van der Waals surface area contributed by atoms with E-state index in [1.54, 1.807) is 11.8 Å². The SMILES string of the molecule is CCS(=O)(=O)c1c(N2CCC(O)C2)sc(C(C)=O)c1N. The fraction of sp³-hybridized carbons (Fsp3) is 0.583. The zero-order valence-electron chi connectivity index (χ0n) is 11.4. The van der Waals surface area contributed by atoms with Crippen LogP contribution in [0, 0.1) is 0 Å². The molecule has 1 aromatic rings. The third-order valence-corrected chi connectivity index (χ3v) is 6.64. The van der Waals surface area contributed by atoms with E-state index in [0.29, 0.717) is 24.5 Å². The molecule has 1 unspecified atom stereocenters. The maximum absolute atomic E-state index is 12.2. The van der Waals surface area contributed by atoms with Gasteiger partial charge in [-0.2, -0.15) is 0 Å². The molecule has 112 valence electrons. The van der Waals surface area contributed by atoms with Gasteiger partial charge in [0.2, 0.25) is 0 Å². The highest BCUT2D eigenvalue weighted by molar-refractivity contribution is 7.92. The Morgan fingerprint density at radius 3 is 2.65 bits per heavy atom. The van der Waals surface area contributed by atoms with Gasteiger partial charge in [-0.15, -0.1) is 11.3 Å². The summed E-state index contributed by atoms with van der Waals surface area (Å²) in [7, 11) is -3.52. The third kappa shape index (κ3) is 2.55. The summed E-state index contributed by atoms with van der Waals surface area (Å²) in [6, 6.07) is 0. The Morgan fingerprint density at radius 2 is 2.20 bits per heavy atom. The molecule has 0 saturated carbocycles. The summed E-state index contributed by atoms with van der Waals surface area (Å²) in [5.74, 6) is -0.319. The van der Waals surface area contributed by atoms with E-state index in [-0.39, 0.29) is 27.0 Å². The van der Waals surface area contributed by atoms with Crippen LogP contribution in [-0.4, -0.2) is 44.3 Å². The summed E-state index contributed by atoms with van der Waals surface area (Å²) in [6.45, 7) is 3.84. The van der Waals surface area contributed by atoms with Crippen LogP contribution in [0.3, 0.4) is 0 Å². The van der Waals surface area contributed by atoms with Gasteiger partial charge in [0.05, 0.1) is 22.4 Å². The highest BCUT2D eigenvalue weighted by atomic mass is 32.2. The van der Waals surface area contributed by atoms with Crippen molar-refractivity contribution in [1.82, 2.24) is 0 Å². The quantitative estimate of drug-likeness (QED) is 0.800. The molecule has 2 rings (SSSR count). The van der Waals surface area contributed by atoms with Gasteiger partial charge in [-0.3, -0.25) is 4.79 Å². The van der Waals surface area contributed by atoms with Gasteiger partial charge in [0.1, 0.15) is 9.90 Å². The van der Waals surface area contributed by atoms with E-state index < -0.39 is 15.9 Å². The van der Waals surface area contributed by atoms with Gasteiger partial charge in [0, 0.05) is 20.0 Å². The maximum Gasteiger partial charge on any atom is 0.183 e. The van der Waals surface area contributed by atoms with E-state index in [0.717, 1.165) is 11.3 Å². The number of carbonyl (C=O) groups is 1. The number of anilines is 2. The highest BCUT2D eigenvalue weighted by Crippen LogP contribution is 2.43. The van der Waals surface area contributed by atoms with Crippen molar-refractivity contribution < 1.29 is 18.3 Å². The van der Waals surface area contributed by atoms with Crippen LogP contribution in [0.2, 0.25) is 0 Å². The maximum atomic E-state index is 12.2. The first-order chi connectivity index (χ1) is 9.27. The minimum atomic E-state index is -3.52. The molecule has 0 amide bonds. The van der Waals surface area contributed by atoms with Crippen molar-refractivity contribution in [3.05, 3.63) is 4.88 Å². The summed E-state index contributed by atoms with van der Waals surface area (Å²) in [4.78, 5) is 13.7. The number of nitrogens with two attached hydrogens (primary N) is 1. The summed E-state index contributed by atoms with van der Waals surface area (Å²) < 4.78 is 24.5. The van der Waals surface area contributed by atoms with E-state index in [4.69, 9.17) is 5.73 Å². The first-order valence-corrected chi connectivity index (χ1v) is 8.83.